The number of rotatable bonds is 5. The van der Waals surface area contributed by atoms with Crippen molar-refractivity contribution in [3.8, 4) is 0 Å². The number of ether oxygens (including phenoxy) is 2. The Labute approximate surface area is 72.0 Å². The molecule has 0 aromatic heterocycles. The molecule has 0 spiro atoms. The summed E-state index contributed by atoms with van der Waals surface area (Å²) in [7, 11) is 0. The third-order valence-electron chi connectivity index (χ3n) is 2.22. The van der Waals surface area contributed by atoms with Gasteiger partial charge in [0, 0.05) is 5.41 Å². The van der Waals surface area contributed by atoms with Crippen molar-refractivity contribution < 1.29 is 14.3 Å². The molecule has 0 aromatic rings. The molecule has 1 rings (SSSR count). The molecule has 70 valence electrons. The highest BCUT2D eigenvalue weighted by Crippen LogP contribution is 2.31. The van der Waals surface area contributed by atoms with Gasteiger partial charge in [0.15, 0.2) is 0 Å². The zero-order valence-electron chi connectivity index (χ0n) is 7.34. The van der Waals surface area contributed by atoms with Crippen LogP contribution < -0.4 is 5.73 Å². The predicted octanol–water partition coefficient (Wildman–Crippen LogP) is -0.0851. The number of hydrogen-bond donors (Lipinski definition) is 1. The van der Waals surface area contributed by atoms with Gasteiger partial charge in [-0.3, -0.25) is 4.79 Å². The normalized spacial score (nSPS) is 20.1. The molecule has 1 aliphatic rings. The Morgan fingerprint density at radius 1 is 1.67 bits per heavy atom. The first-order chi connectivity index (χ1) is 5.68. The van der Waals surface area contributed by atoms with Gasteiger partial charge >= 0.3 is 0 Å². The molecule has 0 unspecified atom stereocenters. The van der Waals surface area contributed by atoms with Gasteiger partial charge in [0.05, 0.1) is 19.8 Å². The number of primary amides is 1. The molecule has 1 aliphatic heterocycles. The molecule has 0 atom stereocenters. The van der Waals surface area contributed by atoms with E-state index < -0.39 is 5.91 Å². The number of carbonyl (C=O) groups excluding carboxylic acids is 1. The summed E-state index contributed by atoms with van der Waals surface area (Å²) < 4.78 is 10.2. The lowest BCUT2D eigenvalue weighted by molar-refractivity contribution is -0.154. The number of nitrogens with two attached hydrogens (primary N) is 1. The van der Waals surface area contributed by atoms with Gasteiger partial charge in [0.2, 0.25) is 5.91 Å². The van der Waals surface area contributed by atoms with Crippen molar-refractivity contribution in [2.45, 2.75) is 13.3 Å². The maximum Gasteiger partial charge on any atom is 0.243 e. The van der Waals surface area contributed by atoms with Crippen molar-refractivity contribution in [3.63, 3.8) is 0 Å². The first-order valence-corrected chi connectivity index (χ1v) is 4.12. The molecule has 0 radical (unpaired) electrons. The molecule has 0 bridgehead atoms. The van der Waals surface area contributed by atoms with E-state index in [2.05, 4.69) is 6.92 Å². The molecule has 0 aliphatic carbocycles. The van der Waals surface area contributed by atoms with Crippen molar-refractivity contribution in [2.24, 2.45) is 11.1 Å². The number of carbonyl (C=O) groups is 1. The first kappa shape index (κ1) is 9.48. The zero-order chi connectivity index (χ0) is 9.03. The fourth-order valence-corrected chi connectivity index (χ4v) is 1.15. The molecule has 1 heterocycles. The molecule has 0 saturated carbocycles. The van der Waals surface area contributed by atoms with E-state index in [0.717, 1.165) is 19.6 Å². The third-order valence-corrected chi connectivity index (χ3v) is 2.22. The maximum absolute atomic E-state index is 10.3. The van der Waals surface area contributed by atoms with Crippen LogP contribution in [0, 0.1) is 5.41 Å². The Morgan fingerprint density at radius 2 is 2.33 bits per heavy atom. The van der Waals surface area contributed by atoms with Crippen LogP contribution in [0.1, 0.15) is 13.3 Å². The first-order valence-electron chi connectivity index (χ1n) is 4.12. The Bertz CT molecular complexity index is 160. The SMILES string of the molecule is CCC1(COCC(N)=O)COC1. The molecule has 12 heavy (non-hydrogen) atoms. The topological polar surface area (TPSA) is 61.5 Å². The van der Waals surface area contributed by atoms with Gasteiger partial charge in [0.1, 0.15) is 6.61 Å². The molecular weight excluding hydrogens is 158 g/mol. The molecule has 0 aromatic carbocycles. The van der Waals surface area contributed by atoms with Gasteiger partial charge in [-0.25, -0.2) is 0 Å². The Balaban J connectivity index is 2.16. The summed E-state index contributed by atoms with van der Waals surface area (Å²) in [6, 6.07) is 0. The summed E-state index contributed by atoms with van der Waals surface area (Å²) in [6.45, 7) is 4.16. The predicted molar refractivity (Wildman–Crippen MR) is 43.6 cm³/mol. The average molecular weight is 173 g/mol. The third kappa shape index (κ3) is 2.19. The van der Waals surface area contributed by atoms with E-state index in [-0.39, 0.29) is 12.0 Å². The molecule has 4 heteroatoms. The molecule has 1 saturated heterocycles. The van der Waals surface area contributed by atoms with Crippen molar-refractivity contribution >= 4 is 5.91 Å². The van der Waals surface area contributed by atoms with Crippen molar-refractivity contribution in [1.82, 2.24) is 0 Å². The summed E-state index contributed by atoms with van der Waals surface area (Å²) in [4.78, 5) is 10.3. The van der Waals surface area contributed by atoms with E-state index in [1.807, 2.05) is 0 Å². The van der Waals surface area contributed by atoms with Gasteiger partial charge in [-0.05, 0) is 6.42 Å². The average Bonchev–Trinajstić information content (AvgIpc) is 1.94. The van der Waals surface area contributed by atoms with E-state index in [9.17, 15) is 4.79 Å². The summed E-state index contributed by atoms with van der Waals surface area (Å²) in [6.07, 6.45) is 1.02. The lowest BCUT2D eigenvalue weighted by Gasteiger charge is -2.40. The van der Waals surface area contributed by atoms with Gasteiger partial charge in [-0.2, -0.15) is 0 Å². The van der Waals surface area contributed by atoms with Crippen molar-refractivity contribution in [3.05, 3.63) is 0 Å². The highest BCUT2D eigenvalue weighted by Gasteiger charge is 2.36. The minimum Gasteiger partial charge on any atom is -0.380 e. The standard InChI is InChI=1S/C8H15NO3/c1-2-8(5-12-6-8)4-11-3-7(9)10/h2-6H2,1H3,(H2,9,10). The zero-order valence-corrected chi connectivity index (χ0v) is 7.34. The molecular formula is C8H15NO3. The van der Waals surface area contributed by atoms with Gasteiger partial charge in [-0.15, -0.1) is 0 Å². The lowest BCUT2D eigenvalue weighted by atomic mass is 9.84. The second kappa shape index (κ2) is 3.87. The summed E-state index contributed by atoms with van der Waals surface area (Å²) in [5, 5.41) is 0. The molecule has 1 amide bonds. The summed E-state index contributed by atoms with van der Waals surface area (Å²) in [5.41, 5.74) is 5.08. The second-order valence-corrected chi connectivity index (χ2v) is 3.31. The van der Waals surface area contributed by atoms with E-state index in [4.69, 9.17) is 15.2 Å². The Hall–Kier alpha value is -0.610. The van der Waals surface area contributed by atoms with Crippen LogP contribution in [0.2, 0.25) is 0 Å². The number of hydrogen-bond acceptors (Lipinski definition) is 3. The van der Waals surface area contributed by atoms with Crippen LogP contribution in [0.5, 0.6) is 0 Å². The van der Waals surface area contributed by atoms with Crippen LogP contribution in [0.15, 0.2) is 0 Å². The largest absolute Gasteiger partial charge is 0.380 e. The fraction of sp³-hybridized carbons (Fsp3) is 0.875. The quantitative estimate of drug-likeness (QED) is 0.632. The minimum absolute atomic E-state index is 0.0156. The van der Waals surface area contributed by atoms with E-state index in [0.29, 0.717) is 6.61 Å². The maximum atomic E-state index is 10.3. The monoisotopic (exact) mass is 173 g/mol. The Kier molecular flexibility index (Phi) is 3.05. The van der Waals surface area contributed by atoms with Crippen LogP contribution in [0.3, 0.4) is 0 Å². The summed E-state index contributed by atoms with van der Waals surface area (Å²) in [5.74, 6) is -0.415. The van der Waals surface area contributed by atoms with Crippen LogP contribution in [0.25, 0.3) is 0 Å². The Morgan fingerprint density at radius 3 is 2.67 bits per heavy atom. The lowest BCUT2D eigenvalue weighted by Crippen LogP contribution is -2.46. The van der Waals surface area contributed by atoms with Crippen molar-refractivity contribution in [1.29, 1.82) is 0 Å². The van der Waals surface area contributed by atoms with E-state index in [1.165, 1.54) is 0 Å². The van der Waals surface area contributed by atoms with Crippen LogP contribution in [0.4, 0.5) is 0 Å². The minimum atomic E-state index is -0.415. The van der Waals surface area contributed by atoms with E-state index >= 15 is 0 Å². The van der Waals surface area contributed by atoms with Gasteiger partial charge < -0.3 is 15.2 Å². The highest BCUT2D eigenvalue weighted by atomic mass is 16.5. The summed E-state index contributed by atoms with van der Waals surface area (Å²) >= 11 is 0. The van der Waals surface area contributed by atoms with Crippen LogP contribution in [-0.2, 0) is 14.3 Å². The highest BCUT2D eigenvalue weighted by molar-refractivity contribution is 5.74. The smallest absolute Gasteiger partial charge is 0.243 e. The number of amides is 1. The molecule has 1 fully saturated rings. The van der Waals surface area contributed by atoms with Crippen molar-refractivity contribution in [2.75, 3.05) is 26.4 Å². The fourth-order valence-electron chi connectivity index (χ4n) is 1.15. The van der Waals surface area contributed by atoms with Crippen LogP contribution >= 0.6 is 0 Å². The molecule has 2 N–H and O–H groups in total. The van der Waals surface area contributed by atoms with E-state index in [1.54, 1.807) is 0 Å². The van der Waals surface area contributed by atoms with Gasteiger partial charge in [0.25, 0.3) is 0 Å². The molecule has 4 nitrogen and oxygen atoms in total. The van der Waals surface area contributed by atoms with Crippen LogP contribution in [-0.4, -0.2) is 32.3 Å². The van der Waals surface area contributed by atoms with Gasteiger partial charge in [-0.1, -0.05) is 6.92 Å². The second-order valence-electron chi connectivity index (χ2n) is 3.31.